The van der Waals surface area contributed by atoms with E-state index in [9.17, 15) is 9.59 Å². The summed E-state index contributed by atoms with van der Waals surface area (Å²) in [5.41, 5.74) is 2.80. The zero-order valence-electron chi connectivity index (χ0n) is 18.1. The van der Waals surface area contributed by atoms with E-state index < -0.39 is 6.04 Å². The number of piperazine rings is 1. The van der Waals surface area contributed by atoms with Crippen LogP contribution in [0.1, 0.15) is 21.5 Å². The van der Waals surface area contributed by atoms with Crippen LogP contribution in [-0.4, -0.2) is 58.8 Å². The van der Waals surface area contributed by atoms with E-state index in [1.807, 2.05) is 65.6 Å². The fraction of sp³-hybridized carbons (Fsp3) is 0.269. The van der Waals surface area contributed by atoms with Crippen molar-refractivity contribution in [3.8, 4) is 0 Å². The molecular weight excluding hydrogens is 400 g/mol. The van der Waals surface area contributed by atoms with Gasteiger partial charge < -0.3 is 10.2 Å². The van der Waals surface area contributed by atoms with Crippen LogP contribution >= 0.6 is 0 Å². The summed E-state index contributed by atoms with van der Waals surface area (Å²) >= 11 is 0. The van der Waals surface area contributed by atoms with Crippen LogP contribution in [0.2, 0.25) is 0 Å². The highest BCUT2D eigenvalue weighted by molar-refractivity contribution is 5.97. The van der Waals surface area contributed by atoms with Crippen molar-refractivity contribution in [3.63, 3.8) is 0 Å². The van der Waals surface area contributed by atoms with E-state index in [-0.39, 0.29) is 11.8 Å². The molecule has 0 bridgehead atoms. The van der Waals surface area contributed by atoms with Crippen LogP contribution in [0.3, 0.4) is 0 Å². The Balaban J connectivity index is 1.41. The van der Waals surface area contributed by atoms with Gasteiger partial charge in [-0.05, 0) is 35.4 Å². The van der Waals surface area contributed by atoms with Crippen LogP contribution in [0.15, 0.2) is 85.2 Å². The fourth-order valence-corrected chi connectivity index (χ4v) is 3.97. The summed E-state index contributed by atoms with van der Waals surface area (Å²) in [5.74, 6) is -0.252. The molecule has 2 aromatic carbocycles. The summed E-state index contributed by atoms with van der Waals surface area (Å²) < 4.78 is 0. The van der Waals surface area contributed by atoms with E-state index >= 15 is 0 Å². The molecule has 0 spiro atoms. The zero-order valence-corrected chi connectivity index (χ0v) is 18.1. The van der Waals surface area contributed by atoms with Gasteiger partial charge in [0.05, 0.1) is 0 Å². The summed E-state index contributed by atoms with van der Waals surface area (Å²) in [6.07, 6.45) is 4.08. The van der Waals surface area contributed by atoms with Crippen LogP contribution in [0.5, 0.6) is 0 Å². The Bertz CT molecular complexity index is 1000. The molecule has 1 atom stereocenters. The van der Waals surface area contributed by atoms with Gasteiger partial charge in [0.1, 0.15) is 6.04 Å². The molecule has 2 amide bonds. The predicted molar refractivity (Wildman–Crippen MR) is 124 cm³/mol. The quantitative estimate of drug-likeness (QED) is 0.629. The standard InChI is InChI=1S/C26H28N4O2/c31-25(23-9-5-2-6-10-23)28-24(19-21-7-3-1-4-8-21)26(32)30-17-15-29(16-18-30)20-22-11-13-27-14-12-22/h1-14,24H,15-20H2,(H,28,31)/t24-/m0/s1. The Morgan fingerprint density at radius 2 is 1.44 bits per heavy atom. The lowest BCUT2D eigenvalue weighted by atomic mass is 10.0. The van der Waals surface area contributed by atoms with Crippen LogP contribution in [0.4, 0.5) is 0 Å². The second kappa shape index (κ2) is 10.7. The number of aromatic nitrogens is 1. The van der Waals surface area contributed by atoms with Gasteiger partial charge in [-0.3, -0.25) is 19.5 Å². The summed E-state index contributed by atoms with van der Waals surface area (Å²) in [4.78, 5) is 34.5. The molecule has 32 heavy (non-hydrogen) atoms. The lowest BCUT2D eigenvalue weighted by Gasteiger charge is -2.36. The molecule has 1 N–H and O–H groups in total. The van der Waals surface area contributed by atoms with Crippen molar-refractivity contribution in [2.75, 3.05) is 26.2 Å². The van der Waals surface area contributed by atoms with Gasteiger partial charge in [-0.1, -0.05) is 48.5 Å². The number of carbonyl (C=O) groups excluding carboxylic acids is 2. The maximum absolute atomic E-state index is 13.4. The third-order valence-electron chi connectivity index (χ3n) is 5.76. The first kappa shape index (κ1) is 21.7. The van der Waals surface area contributed by atoms with Gasteiger partial charge in [-0.25, -0.2) is 0 Å². The third kappa shape index (κ3) is 5.80. The van der Waals surface area contributed by atoms with Crippen molar-refractivity contribution >= 4 is 11.8 Å². The van der Waals surface area contributed by atoms with Gasteiger partial charge in [0, 0.05) is 57.1 Å². The number of nitrogens with zero attached hydrogens (tertiary/aromatic N) is 3. The van der Waals surface area contributed by atoms with Crippen LogP contribution in [0.25, 0.3) is 0 Å². The summed E-state index contributed by atoms with van der Waals surface area (Å²) in [6, 6.07) is 22.3. The van der Waals surface area contributed by atoms with Crippen LogP contribution in [0, 0.1) is 0 Å². The molecule has 6 nitrogen and oxygen atoms in total. The molecule has 0 unspecified atom stereocenters. The summed E-state index contributed by atoms with van der Waals surface area (Å²) in [7, 11) is 0. The highest BCUT2D eigenvalue weighted by Crippen LogP contribution is 2.12. The molecule has 1 fully saturated rings. The van der Waals surface area contributed by atoms with E-state index in [4.69, 9.17) is 0 Å². The highest BCUT2D eigenvalue weighted by atomic mass is 16.2. The Hall–Kier alpha value is -3.51. The minimum atomic E-state index is -0.600. The van der Waals surface area contributed by atoms with E-state index in [1.165, 1.54) is 5.56 Å². The Kier molecular flexibility index (Phi) is 7.25. The summed E-state index contributed by atoms with van der Waals surface area (Å²) in [6.45, 7) is 3.76. The molecule has 2 heterocycles. The molecule has 1 aromatic heterocycles. The van der Waals surface area contributed by atoms with Crippen molar-refractivity contribution < 1.29 is 9.59 Å². The molecule has 0 aliphatic carbocycles. The fourth-order valence-electron chi connectivity index (χ4n) is 3.97. The SMILES string of the molecule is O=C(N[C@@H](Cc1ccccc1)C(=O)N1CCN(Cc2ccncc2)CC1)c1ccccc1. The van der Waals surface area contributed by atoms with Gasteiger partial charge in [0.15, 0.2) is 0 Å². The average Bonchev–Trinajstić information content (AvgIpc) is 2.85. The van der Waals surface area contributed by atoms with E-state index in [0.29, 0.717) is 25.1 Å². The molecule has 3 aromatic rings. The highest BCUT2D eigenvalue weighted by Gasteiger charge is 2.29. The Labute approximate surface area is 188 Å². The molecule has 4 rings (SSSR count). The van der Waals surface area contributed by atoms with Crippen LogP contribution in [-0.2, 0) is 17.8 Å². The second-order valence-electron chi connectivity index (χ2n) is 8.04. The van der Waals surface area contributed by atoms with Crippen molar-refractivity contribution in [2.24, 2.45) is 0 Å². The molecule has 1 aliphatic rings. The second-order valence-corrected chi connectivity index (χ2v) is 8.04. The third-order valence-corrected chi connectivity index (χ3v) is 5.76. The van der Waals surface area contributed by atoms with Crippen molar-refractivity contribution in [2.45, 2.75) is 19.0 Å². The first-order valence-corrected chi connectivity index (χ1v) is 11.0. The van der Waals surface area contributed by atoms with E-state index in [0.717, 1.165) is 25.2 Å². The van der Waals surface area contributed by atoms with E-state index in [2.05, 4.69) is 15.2 Å². The average molecular weight is 429 g/mol. The monoisotopic (exact) mass is 428 g/mol. The number of benzene rings is 2. The largest absolute Gasteiger partial charge is 0.340 e. The van der Waals surface area contributed by atoms with Gasteiger partial charge in [-0.15, -0.1) is 0 Å². The number of nitrogens with one attached hydrogen (secondary N) is 1. The molecule has 164 valence electrons. The zero-order chi connectivity index (χ0) is 22.2. The van der Waals surface area contributed by atoms with Gasteiger partial charge in [-0.2, -0.15) is 0 Å². The Morgan fingerprint density at radius 3 is 2.09 bits per heavy atom. The number of carbonyl (C=O) groups is 2. The number of amides is 2. The van der Waals surface area contributed by atoms with Gasteiger partial charge in [0.2, 0.25) is 5.91 Å². The molecule has 1 aliphatic heterocycles. The van der Waals surface area contributed by atoms with Crippen molar-refractivity contribution in [3.05, 3.63) is 102 Å². The molecule has 6 heteroatoms. The predicted octanol–water partition coefficient (Wildman–Crippen LogP) is 2.77. The number of pyridine rings is 1. The minimum Gasteiger partial charge on any atom is -0.340 e. The van der Waals surface area contributed by atoms with Gasteiger partial charge >= 0.3 is 0 Å². The first-order chi connectivity index (χ1) is 15.7. The normalized spacial score (nSPS) is 15.2. The van der Waals surface area contributed by atoms with E-state index in [1.54, 1.807) is 24.5 Å². The van der Waals surface area contributed by atoms with Crippen molar-refractivity contribution in [1.82, 2.24) is 20.1 Å². The molecule has 0 radical (unpaired) electrons. The number of hydrogen-bond donors (Lipinski definition) is 1. The minimum absolute atomic E-state index is 0.0262. The first-order valence-electron chi connectivity index (χ1n) is 11.0. The van der Waals surface area contributed by atoms with Gasteiger partial charge in [0.25, 0.3) is 5.91 Å². The maximum atomic E-state index is 13.4. The summed E-state index contributed by atoms with van der Waals surface area (Å²) in [5, 5.41) is 2.98. The lowest BCUT2D eigenvalue weighted by molar-refractivity contribution is -0.135. The smallest absolute Gasteiger partial charge is 0.251 e. The number of hydrogen-bond acceptors (Lipinski definition) is 4. The lowest BCUT2D eigenvalue weighted by Crippen LogP contribution is -2.55. The molecular formula is C26H28N4O2. The van der Waals surface area contributed by atoms with Crippen LogP contribution < -0.4 is 5.32 Å². The Morgan fingerprint density at radius 1 is 0.812 bits per heavy atom. The molecule has 0 saturated carbocycles. The van der Waals surface area contributed by atoms with Crippen molar-refractivity contribution in [1.29, 1.82) is 0 Å². The maximum Gasteiger partial charge on any atom is 0.251 e. The number of rotatable bonds is 7. The topological polar surface area (TPSA) is 65.5 Å². The molecule has 1 saturated heterocycles.